The highest BCUT2D eigenvalue weighted by molar-refractivity contribution is 5.83. The maximum atomic E-state index is 13.2. The largest absolute Gasteiger partial charge is 0.361 e. The maximum absolute atomic E-state index is 13.2. The Labute approximate surface area is 149 Å². The van der Waals surface area contributed by atoms with Gasteiger partial charge in [0.05, 0.1) is 0 Å². The number of fused-ring (bicyclic) bond motifs is 1. The molecule has 0 aliphatic rings. The molecule has 0 saturated heterocycles. The lowest BCUT2D eigenvalue weighted by atomic mass is 10.1. The van der Waals surface area contributed by atoms with E-state index in [0.717, 1.165) is 55.4 Å². The van der Waals surface area contributed by atoms with Gasteiger partial charge >= 0.3 is 6.03 Å². The van der Waals surface area contributed by atoms with E-state index in [1.807, 2.05) is 25.2 Å². The summed E-state index contributed by atoms with van der Waals surface area (Å²) in [5.41, 5.74) is 1.88. The standard InChI is InChI=1S/C19H29FN4O/c1-4-10-24(12-5-11-23(2)3)19(25)21-9-8-15-14-22-18-13-16(20)6-7-17(15)18/h6-7,13-14,22H,4-5,8-12H2,1-3H3,(H,21,25). The SMILES string of the molecule is CCCN(CCCN(C)C)C(=O)NCCc1c[nH]c2cc(F)ccc12. The average Bonchev–Trinajstić information content (AvgIpc) is 2.95. The normalized spacial score (nSPS) is 11.2. The summed E-state index contributed by atoms with van der Waals surface area (Å²) in [6.07, 6.45) is 4.52. The summed E-state index contributed by atoms with van der Waals surface area (Å²) in [6.45, 7) is 5.16. The number of nitrogens with one attached hydrogen (secondary N) is 2. The van der Waals surface area contributed by atoms with Gasteiger partial charge in [0, 0.05) is 36.7 Å². The lowest BCUT2D eigenvalue weighted by Gasteiger charge is -2.23. The Hall–Kier alpha value is -2.08. The molecule has 1 aromatic carbocycles. The number of hydrogen-bond acceptors (Lipinski definition) is 2. The van der Waals surface area contributed by atoms with Crippen LogP contribution in [0.4, 0.5) is 9.18 Å². The third-order valence-corrected chi connectivity index (χ3v) is 4.21. The summed E-state index contributed by atoms with van der Waals surface area (Å²) in [5, 5.41) is 4.01. The highest BCUT2D eigenvalue weighted by atomic mass is 19.1. The molecule has 1 heterocycles. The summed E-state index contributed by atoms with van der Waals surface area (Å²) in [4.78, 5) is 19.5. The van der Waals surface area contributed by atoms with Gasteiger partial charge in [-0.1, -0.05) is 6.92 Å². The second-order valence-electron chi connectivity index (χ2n) is 6.63. The Morgan fingerprint density at radius 3 is 2.76 bits per heavy atom. The molecular weight excluding hydrogens is 319 g/mol. The number of nitrogens with zero attached hydrogens (tertiary/aromatic N) is 2. The second kappa shape index (κ2) is 9.42. The first-order valence-electron chi connectivity index (χ1n) is 8.94. The summed E-state index contributed by atoms with van der Waals surface area (Å²) in [7, 11) is 4.08. The van der Waals surface area contributed by atoms with Crippen LogP contribution in [0.1, 0.15) is 25.3 Å². The van der Waals surface area contributed by atoms with E-state index in [-0.39, 0.29) is 11.8 Å². The molecule has 25 heavy (non-hydrogen) atoms. The number of amides is 2. The van der Waals surface area contributed by atoms with E-state index in [1.54, 1.807) is 6.07 Å². The van der Waals surface area contributed by atoms with Gasteiger partial charge in [-0.05, 0) is 63.7 Å². The van der Waals surface area contributed by atoms with E-state index in [2.05, 4.69) is 22.1 Å². The predicted molar refractivity (Wildman–Crippen MR) is 100 cm³/mol. The van der Waals surface area contributed by atoms with E-state index in [1.165, 1.54) is 12.1 Å². The molecule has 0 spiro atoms. The molecule has 2 rings (SSSR count). The molecule has 0 aliphatic carbocycles. The Bertz CT molecular complexity index is 683. The highest BCUT2D eigenvalue weighted by Crippen LogP contribution is 2.19. The Balaban J connectivity index is 1.84. The van der Waals surface area contributed by atoms with Crippen molar-refractivity contribution in [1.29, 1.82) is 0 Å². The third kappa shape index (κ3) is 5.74. The van der Waals surface area contributed by atoms with Crippen molar-refractivity contribution in [2.45, 2.75) is 26.2 Å². The van der Waals surface area contributed by atoms with Gasteiger partial charge in [0.15, 0.2) is 0 Å². The van der Waals surface area contributed by atoms with Gasteiger partial charge in [0.25, 0.3) is 0 Å². The number of hydrogen-bond donors (Lipinski definition) is 2. The molecule has 0 radical (unpaired) electrons. The van der Waals surface area contributed by atoms with Crippen molar-refractivity contribution < 1.29 is 9.18 Å². The fourth-order valence-corrected chi connectivity index (χ4v) is 2.94. The first kappa shape index (κ1) is 19.2. The minimum atomic E-state index is -0.248. The Morgan fingerprint density at radius 1 is 1.24 bits per heavy atom. The van der Waals surface area contributed by atoms with Crippen molar-refractivity contribution in [1.82, 2.24) is 20.1 Å². The fraction of sp³-hybridized carbons (Fsp3) is 0.526. The maximum Gasteiger partial charge on any atom is 0.317 e. The number of benzene rings is 1. The van der Waals surface area contributed by atoms with Crippen LogP contribution < -0.4 is 5.32 Å². The van der Waals surface area contributed by atoms with E-state index >= 15 is 0 Å². The van der Waals surface area contributed by atoms with E-state index in [0.29, 0.717) is 6.54 Å². The number of H-pyrrole nitrogens is 1. The van der Waals surface area contributed by atoms with Crippen molar-refractivity contribution in [2.75, 3.05) is 40.3 Å². The zero-order valence-electron chi connectivity index (χ0n) is 15.4. The van der Waals surface area contributed by atoms with Gasteiger partial charge < -0.3 is 20.1 Å². The van der Waals surface area contributed by atoms with Gasteiger partial charge in [-0.2, -0.15) is 0 Å². The smallest absolute Gasteiger partial charge is 0.317 e. The molecule has 0 unspecified atom stereocenters. The zero-order chi connectivity index (χ0) is 18.2. The predicted octanol–water partition coefficient (Wildman–Crippen LogP) is 3.22. The van der Waals surface area contributed by atoms with E-state index in [9.17, 15) is 9.18 Å². The quantitative estimate of drug-likeness (QED) is 0.731. The van der Waals surface area contributed by atoms with Crippen LogP contribution in [0.15, 0.2) is 24.4 Å². The fourth-order valence-electron chi connectivity index (χ4n) is 2.94. The molecule has 0 fully saturated rings. The molecule has 5 nitrogen and oxygen atoms in total. The second-order valence-corrected chi connectivity index (χ2v) is 6.63. The molecule has 2 amide bonds. The summed E-state index contributed by atoms with van der Waals surface area (Å²) >= 11 is 0. The first-order chi connectivity index (χ1) is 12.0. The number of carbonyl (C=O) groups is 1. The van der Waals surface area contributed by atoms with Crippen LogP contribution in [-0.2, 0) is 6.42 Å². The molecule has 0 aliphatic heterocycles. The molecule has 1 aromatic heterocycles. The zero-order valence-corrected chi connectivity index (χ0v) is 15.4. The molecule has 6 heteroatoms. The van der Waals surface area contributed by atoms with E-state index < -0.39 is 0 Å². The van der Waals surface area contributed by atoms with Gasteiger partial charge in [-0.3, -0.25) is 0 Å². The monoisotopic (exact) mass is 348 g/mol. The van der Waals surface area contributed by atoms with Gasteiger partial charge in [0.2, 0.25) is 0 Å². The number of carbonyl (C=O) groups excluding carboxylic acids is 1. The lowest BCUT2D eigenvalue weighted by molar-refractivity contribution is 0.195. The van der Waals surface area contributed by atoms with Crippen LogP contribution >= 0.6 is 0 Å². The number of rotatable bonds is 9. The van der Waals surface area contributed by atoms with Crippen molar-refractivity contribution in [3.63, 3.8) is 0 Å². The molecule has 0 saturated carbocycles. The molecule has 2 aromatic rings. The van der Waals surface area contributed by atoms with E-state index in [4.69, 9.17) is 0 Å². The number of urea groups is 1. The van der Waals surface area contributed by atoms with Crippen LogP contribution in [0.25, 0.3) is 10.9 Å². The van der Waals surface area contributed by atoms with Crippen molar-refractivity contribution in [3.05, 3.63) is 35.8 Å². The third-order valence-electron chi connectivity index (χ3n) is 4.21. The molecule has 0 atom stereocenters. The van der Waals surface area contributed by atoms with Crippen LogP contribution in [-0.4, -0.2) is 61.1 Å². The van der Waals surface area contributed by atoms with Gasteiger partial charge in [0.1, 0.15) is 5.82 Å². The van der Waals surface area contributed by atoms with Gasteiger partial charge in [-0.25, -0.2) is 9.18 Å². The molecule has 0 bridgehead atoms. The first-order valence-corrected chi connectivity index (χ1v) is 8.94. The van der Waals surface area contributed by atoms with Crippen molar-refractivity contribution in [3.8, 4) is 0 Å². The van der Waals surface area contributed by atoms with Gasteiger partial charge in [-0.15, -0.1) is 0 Å². The topological polar surface area (TPSA) is 51.4 Å². The minimum absolute atomic E-state index is 0.00788. The molecule has 2 N–H and O–H groups in total. The molecular formula is C19H29FN4O. The highest BCUT2D eigenvalue weighted by Gasteiger charge is 2.12. The number of aromatic nitrogens is 1. The minimum Gasteiger partial charge on any atom is -0.361 e. The van der Waals surface area contributed by atoms with Crippen molar-refractivity contribution in [2.24, 2.45) is 0 Å². The Kier molecular flexibility index (Phi) is 7.25. The van der Waals surface area contributed by atoms with Crippen molar-refractivity contribution >= 4 is 16.9 Å². The van der Waals surface area contributed by atoms with Crippen LogP contribution in [0.2, 0.25) is 0 Å². The van der Waals surface area contributed by atoms with Crippen LogP contribution in [0, 0.1) is 5.82 Å². The van der Waals surface area contributed by atoms with Crippen LogP contribution in [0.5, 0.6) is 0 Å². The Morgan fingerprint density at radius 2 is 2.04 bits per heavy atom. The number of aromatic amines is 1. The average molecular weight is 348 g/mol. The lowest BCUT2D eigenvalue weighted by Crippen LogP contribution is -2.42. The molecule has 138 valence electrons. The summed E-state index contributed by atoms with van der Waals surface area (Å²) in [5.74, 6) is -0.248. The summed E-state index contributed by atoms with van der Waals surface area (Å²) < 4.78 is 13.2. The van der Waals surface area contributed by atoms with Crippen LogP contribution in [0.3, 0.4) is 0 Å². The number of halogens is 1. The summed E-state index contributed by atoms with van der Waals surface area (Å²) in [6, 6.07) is 4.73.